The van der Waals surface area contributed by atoms with Crippen molar-refractivity contribution in [3.8, 4) is 22.9 Å². The number of aryl methyl sites for hydroxylation is 2. The number of nitrogens with zero attached hydrogens (tertiary/aromatic N) is 7. The molecule has 1 aromatic carbocycles. The number of hydrogen-bond acceptors (Lipinski definition) is 5. The maximum absolute atomic E-state index is 13.2. The van der Waals surface area contributed by atoms with Gasteiger partial charge in [-0.1, -0.05) is 29.8 Å². The molecule has 0 spiro atoms. The van der Waals surface area contributed by atoms with Crippen LogP contribution in [0.5, 0.6) is 0 Å². The van der Waals surface area contributed by atoms with E-state index in [1.54, 1.807) is 33.8 Å². The minimum absolute atomic E-state index is 0. The Hall–Kier alpha value is -4.06. The summed E-state index contributed by atoms with van der Waals surface area (Å²) in [5.41, 5.74) is 2.58. The molecule has 0 aliphatic heterocycles. The molecule has 0 amide bonds. The van der Waals surface area contributed by atoms with E-state index in [1.807, 2.05) is 56.6 Å². The van der Waals surface area contributed by atoms with E-state index in [4.69, 9.17) is 11.8 Å². The molecule has 1 radical (unpaired) electrons. The van der Waals surface area contributed by atoms with E-state index in [2.05, 4.69) is 26.2 Å². The second-order valence-corrected chi connectivity index (χ2v) is 6.91. The first-order chi connectivity index (χ1) is 16.5. The van der Waals surface area contributed by atoms with Gasteiger partial charge < -0.3 is 16.8 Å². The van der Waals surface area contributed by atoms with Crippen molar-refractivity contribution < 1.29 is 28.9 Å². The van der Waals surface area contributed by atoms with Gasteiger partial charge in [-0.05, 0) is 49.9 Å². The van der Waals surface area contributed by atoms with Gasteiger partial charge in [-0.25, -0.2) is 14.3 Å². The Labute approximate surface area is 215 Å². The molecule has 4 heterocycles. The normalized spacial score (nSPS) is 9.66. The van der Waals surface area contributed by atoms with Crippen LogP contribution in [0.25, 0.3) is 22.9 Å². The molecule has 5 aromatic rings. The molecule has 0 atom stereocenters. The Bertz CT molecular complexity index is 1330. The number of rotatable bonds is 3. The van der Waals surface area contributed by atoms with Crippen LogP contribution in [-0.2, 0) is 20.1 Å². The van der Waals surface area contributed by atoms with E-state index in [9.17, 15) is 8.78 Å². The van der Waals surface area contributed by atoms with E-state index >= 15 is 0 Å². The molecule has 0 fully saturated rings. The van der Waals surface area contributed by atoms with Gasteiger partial charge in [-0.3, -0.25) is 8.78 Å². The van der Waals surface area contributed by atoms with E-state index in [1.165, 1.54) is 0 Å². The fraction of sp³-hybridized carbons (Fsp3) is 0.0800. The van der Waals surface area contributed by atoms with Crippen LogP contribution in [0.4, 0.5) is 8.78 Å². The molecule has 5 rings (SSSR count). The molecular formula is C25H19F2IrN7-2. The van der Waals surface area contributed by atoms with Gasteiger partial charge in [0.15, 0.2) is 11.6 Å². The Kier molecular flexibility index (Phi) is 10.1. The molecule has 179 valence electrons. The summed E-state index contributed by atoms with van der Waals surface area (Å²) in [5.74, 6) is 0.286. The van der Waals surface area contributed by atoms with Gasteiger partial charge in [0.05, 0.1) is 11.4 Å². The molecule has 0 aliphatic carbocycles. The van der Waals surface area contributed by atoms with Crippen molar-refractivity contribution in [2.75, 3.05) is 0 Å². The third-order valence-electron chi connectivity index (χ3n) is 4.41. The molecule has 0 aliphatic rings. The Morgan fingerprint density at radius 3 is 1.91 bits per heavy atom. The summed E-state index contributed by atoms with van der Waals surface area (Å²) >= 11 is 0. The zero-order chi connectivity index (χ0) is 24.5. The molecule has 0 unspecified atom stereocenters. The zero-order valence-electron chi connectivity index (χ0n) is 18.7. The number of pyridine rings is 2. The maximum Gasteiger partial charge on any atom is 0.155 e. The van der Waals surface area contributed by atoms with Crippen LogP contribution in [0.3, 0.4) is 0 Å². The monoisotopic (exact) mass is 648 g/mol. The first kappa shape index (κ1) is 27.2. The van der Waals surface area contributed by atoms with Gasteiger partial charge >= 0.3 is 0 Å². The zero-order valence-corrected chi connectivity index (χ0v) is 21.1. The fourth-order valence-electron chi connectivity index (χ4n) is 2.90. The van der Waals surface area contributed by atoms with Crippen LogP contribution in [0.15, 0.2) is 79.3 Å². The van der Waals surface area contributed by atoms with Crippen molar-refractivity contribution in [2.24, 2.45) is 0 Å². The van der Waals surface area contributed by atoms with E-state index in [-0.39, 0.29) is 25.7 Å². The summed E-state index contributed by atoms with van der Waals surface area (Å²) in [7, 11) is 0. The smallest absolute Gasteiger partial charge is 0.155 e. The van der Waals surface area contributed by atoms with Crippen LogP contribution >= 0.6 is 0 Å². The second kappa shape index (κ2) is 13.0. The van der Waals surface area contributed by atoms with Crippen molar-refractivity contribution in [3.05, 3.63) is 115 Å². The van der Waals surface area contributed by atoms with Crippen LogP contribution in [-0.4, -0.2) is 29.5 Å². The summed E-state index contributed by atoms with van der Waals surface area (Å²) < 4.78 is 29.3. The van der Waals surface area contributed by atoms with Gasteiger partial charge in [-0.15, -0.1) is 12.1 Å². The Morgan fingerprint density at radius 1 is 0.857 bits per heavy atom. The number of aromatic nitrogens is 6. The fourth-order valence-corrected chi connectivity index (χ4v) is 2.90. The van der Waals surface area contributed by atoms with Gasteiger partial charge in [0.2, 0.25) is 0 Å². The summed E-state index contributed by atoms with van der Waals surface area (Å²) in [5, 5.41) is 14.9. The van der Waals surface area contributed by atoms with Crippen LogP contribution in [0.2, 0.25) is 0 Å². The molecule has 10 heteroatoms. The quantitative estimate of drug-likeness (QED) is 0.258. The number of benzene rings is 1. The molecule has 0 bridgehead atoms. The molecule has 0 saturated heterocycles. The standard InChI is InChI=1S/C13H13N5.C11H6F2N.CN.Ir/c1-10-6-8-17(15-10)12-4-3-5-13(14-12)18-9-7-11(2)16-18;12-8-4-5-9(10(13)7-8)11-3-1-2-6-14-11;1-2;/h3-9H,1-2H3;1-4,6-7H;;/q;2*-1;. The average Bonchev–Trinajstić information content (AvgIpc) is 3.50. The van der Waals surface area contributed by atoms with Crippen molar-refractivity contribution in [1.82, 2.24) is 29.5 Å². The van der Waals surface area contributed by atoms with Gasteiger partial charge in [0.1, 0.15) is 0 Å². The number of hydrogen-bond donors (Lipinski definition) is 0. The third kappa shape index (κ3) is 7.21. The van der Waals surface area contributed by atoms with Gasteiger partial charge in [0.25, 0.3) is 0 Å². The SMILES string of the molecule is Cc1ccn(-c2cccc(-n3ccc(C)n3)n2)n1.Fc1c[c-]c(-c2ccccn2)c(F)c1.[C-]#N.[Ir]. The first-order valence-electron chi connectivity index (χ1n) is 10.0. The second-order valence-electron chi connectivity index (χ2n) is 6.91. The Morgan fingerprint density at radius 2 is 1.46 bits per heavy atom. The predicted molar refractivity (Wildman–Crippen MR) is 121 cm³/mol. The Balaban J connectivity index is 0.000000231. The molecule has 35 heavy (non-hydrogen) atoms. The van der Waals surface area contributed by atoms with E-state index in [0.29, 0.717) is 5.69 Å². The topological polar surface area (TPSA) is 85.2 Å². The van der Waals surface area contributed by atoms with Crippen LogP contribution in [0.1, 0.15) is 11.4 Å². The minimum atomic E-state index is -0.649. The summed E-state index contributed by atoms with van der Waals surface area (Å²) in [6.07, 6.45) is 5.34. The first-order valence-corrected chi connectivity index (χ1v) is 10.0. The maximum atomic E-state index is 13.2. The minimum Gasteiger partial charge on any atom is -0.512 e. The molecule has 0 N–H and O–H groups in total. The predicted octanol–water partition coefficient (Wildman–Crippen LogP) is 4.99. The van der Waals surface area contributed by atoms with E-state index < -0.39 is 11.6 Å². The van der Waals surface area contributed by atoms with Crippen molar-refractivity contribution in [3.63, 3.8) is 0 Å². The summed E-state index contributed by atoms with van der Waals surface area (Å²) in [6.45, 7) is 8.66. The van der Waals surface area contributed by atoms with Crippen LogP contribution in [0, 0.1) is 43.4 Å². The largest absolute Gasteiger partial charge is 0.512 e. The van der Waals surface area contributed by atoms with Crippen LogP contribution < -0.4 is 0 Å². The van der Waals surface area contributed by atoms with Gasteiger partial charge in [0, 0.05) is 50.3 Å². The molecule has 4 aromatic heterocycles. The average molecular weight is 648 g/mol. The number of halogens is 2. The summed E-state index contributed by atoms with van der Waals surface area (Å²) in [4.78, 5) is 8.49. The van der Waals surface area contributed by atoms with E-state index in [0.717, 1.165) is 35.2 Å². The third-order valence-corrected chi connectivity index (χ3v) is 4.41. The van der Waals surface area contributed by atoms with Crippen molar-refractivity contribution in [2.45, 2.75) is 13.8 Å². The van der Waals surface area contributed by atoms with Gasteiger partial charge in [-0.2, -0.15) is 10.2 Å². The van der Waals surface area contributed by atoms with Crippen molar-refractivity contribution in [1.29, 1.82) is 5.26 Å². The molecular weight excluding hydrogens is 629 g/mol. The molecule has 0 saturated carbocycles. The van der Waals surface area contributed by atoms with Crippen molar-refractivity contribution >= 4 is 0 Å². The molecule has 7 nitrogen and oxygen atoms in total. The summed E-state index contributed by atoms with van der Waals surface area (Å²) in [6, 6.07) is 19.2.